The number of nitrogens with one attached hydrogen (secondary N) is 2. The summed E-state index contributed by atoms with van der Waals surface area (Å²) in [7, 11) is 0. The van der Waals surface area contributed by atoms with Crippen LogP contribution < -0.4 is 15.4 Å². The Hall–Kier alpha value is -4.43. The summed E-state index contributed by atoms with van der Waals surface area (Å²) in [6, 6.07) is 5.40. The van der Waals surface area contributed by atoms with Gasteiger partial charge in [0.15, 0.2) is 11.4 Å². The van der Waals surface area contributed by atoms with Gasteiger partial charge in [-0.15, -0.1) is 0 Å². The normalized spacial score (nSPS) is 14.4. The SMILES string of the molecule is Cc1nc2c(OCC3CCCCC3)cccn2c1C(=O)NC(CNC(=O)O)c1ccc(F)cc1F.O=C(O)C(F)(F)F. The minimum atomic E-state index is -5.08. The first kappa shape index (κ1) is 32.1. The lowest BCUT2D eigenvalue weighted by Crippen LogP contribution is -2.38. The summed E-state index contributed by atoms with van der Waals surface area (Å²) in [6.45, 7) is 1.95. The summed E-state index contributed by atoms with van der Waals surface area (Å²) in [5, 5.41) is 20.9. The fraction of sp³-hybridized carbons (Fsp3) is 0.407. The molecule has 4 N–H and O–H groups in total. The van der Waals surface area contributed by atoms with E-state index in [2.05, 4.69) is 15.6 Å². The second kappa shape index (κ2) is 14.0. The third-order valence-corrected chi connectivity index (χ3v) is 6.55. The zero-order valence-corrected chi connectivity index (χ0v) is 22.4. The van der Waals surface area contributed by atoms with Gasteiger partial charge in [0.1, 0.15) is 17.3 Å². The molecule has 1 aromatic carbocycles. The highest BCUT2D eigenvalue weighted by atomic mass is 19.4. The maximum Gasteiger partial charge on any atom is 0.490 e. The summed E-state index contributed by atoms with van der Waals surface area (Å²) in [4.78, 5) is 37.7. The molecule has 10 nitrogen and oxygen atoms in total. The molecule has 1 atom stereocenters. The van der Waals surface area contributed by atoms with Gasteiger partial charge >= 0.3 is 18.2 Å². The Kier molecular flexibility index (Phi) is 10.7. The molecule has 1 saturated carbocycles. The number of hydrogen-bond acceptors (Lipinski definition) is 5. The van der Waals surface area contributed by atoms with Gasteiger partial charge in [-0.25, -0.2) is 23.4 Å². The molecule has 15 heteroatoms. The van der Waals surface area contributed by atoms with E-state index >= 15 is 0 Å². The minimum absolute atomic E-state index is 0.0449. The molecule has 0 aliphatic heterocycles. The fourth-order valence-corrected chi connectivity index (χ4v) is 4.54. The molecule has 2 heterocycles. The van der Waals surface area contributed by atoms with Crippen LogP contribution in [0.2, 0.25) is 0 Å². The van der Waals surface area contributed by atoms with Gasteiger partial charge in [-0.05, 0) is 43.9 Å². The van der Waals surface area contributed by atoms with Crippen molar-refractivity contribution in [3.63, 3.8) is 0 Å². The Morgan fingerprint density at radius 1 is 1.12 bits per heavy atom. The van der Waals surface area contributed by atoms with E-state index in [0.717, 1.165) is 18.9 Å². The Morgan fingerprint density at radius 3 is 2.38 bits per heavy atom. The number of benzene rings is 1. The van der Waals surface area contributed by atoms with Crippen LogP contribution in [0.25, 0.3) is 5.65 Å². The van der Waals surface area contributed by atoms with Gasteiger partial charge in [0, 0.05) is 24.4 Å². The minimum Gasteiger partial charge on any atom is -0.489 e. The van der Waals surface area contributed by atoms with E-state index in [0.29, 0.717) is 35.7 Å². The van der Waals surface area contributed by atoms with Gasteiger partial charge in [0.05, 0.1) is 18.3 Å². The van der Waals surface area contributed by atoms with E-state index < -0.39 is 41.8 Å². The van der Waals surface area contributed by atoms with Crippen LogP contribution >= 0.6 is 0 Å². The molecule has 3 aromatic rings. The van der Waals surface area contributed by atoms with Gasteiger partial charge in [0.2, 0.25) is 0 Å². The lowest BCUT2D eigenvalue weighted by atomic mass is 9.90. The van der Waals surface area contributed by atoms with Gasteiger partial charge in [-0.2, -0.15) is 13.2 Å². The standard InChI is InChI=1S/C25H28F2N4O4.C2HF3O2/c1-15-22(24(32)30-20(13-28-25(33)34)18-10-9-17(26)12-19(18)27)31-11-5-8-21(23(31)29-15)35-14-16-6-3-2-4-7-16;3-2(4,5)1(6)7/h5,8-12,16,20,28H,2-4,6-7,13-14H2,1H3,(H,30,32)(H,33,34);(H,6,7). The molecular formula is C27H29F5N4O6. The second-order valence-corrected chi connectivity index (χ2v) is 9.61. The molecular weight excluding hydrogens is 571 g/mol. The number of pyridine rings is 1. The van der Waals surface area contributed by atoms with Crippen LogP contribution in [0.5, 0.6) is 5.75 Å². The van der Waals surface area contributed by atoms with Gasteiger partial charge in [0.25, 0.3) is 5.91 Å². The number of carboxylic acid groups (broad SMARTS) is 2. The van der Waals surface area contributed by atoms with Crippen molar-refractivity contribution in [2.24, 2.45) is 5.92 Å². The number of carboxylic acids is 1. The predicted octanol–water partition coefficient (Wildman–Crippen LogP) is 5.25. The topological polar surface area (TPSA) is 142 Å². The molecule has 1 aliphatic rings. The average molecular weight is 601 g/mol. The van der Waals surface area contributed by atoms with Crippen molar-refractivity contribution in [2.45, 2.75) is 51.2 Å². The van der Waals surface area contributed by atoms with Crippen molar-refractivity contribution in [1.29, 1.82) is 0 Å². The van der Waals surface area contributed by atoms with Gasteiger partial charge in [-0.3, -0.25) is 9.20 Å². The van der Waals surface area contributed by atoms with E-state index in [4.69, 9.17) is 19.7 Å². The summed E-state index contributed by atoms with van der Waals surface area (Å²) in [6.07, 6.45) is 1.20. The van der Waals surface area contributed by atoms with Crippen molar-refractivity contribution in [2.75, 3.05) is 13.2 Å². The number of alkyl halides is 3. The molecule has 228 valence electrons. The molecule has 4 rings (SSSR count). The zero-order chi connectivity index (χ0) is 31.0. The van der Waals surface area contributed by atoms with Crippen molar-refractivity contribution in [1.82, 2.24) is 20.0 Å². The number of aliphatic carboxylic acids is 1. The number of amides is 2. The van der Waals surface area contributed by atoms with Crippen LogP contribution in [0.1, 0.15) is 59.9 Å². The molecule has 2 amide bonds. The highest BCUT2D eigenvalue weighted by molar-refractivity contribution is 5.95. The number of aryl methyl sites for hydroxylation is 1. The molecule has 42 heavy (non-hydrogen) atoms. The smallest absolute Gasteiger partial charge is 0.489 e. The number of carbonyl (C=O) groups is 3. The van der Waals surface area contributed by atoms with E-state index in [1.165, 1.54) is 25.3 Å². The lowest BCUT2D eigenvalue weighted by molar-refractivity contribution is -0.192. The highest BCUT2D eigenvalue weighted by Gasteiger charge is 2.38. The third kappa shape index (κ3) is 8.54. The van der Waals surface area contributed by atoms with Gasteiger partial charge < -0.3 is 25.6 Å². The van der Waals surface area contributed by atoms with E-state index in [9.17, 15) is 31.5 Å². The van der Waals surface area contributed by atoms with Crippen molar-refractivity contribution in [3.8, 4) is 5.75 Å². The number of ether oxygens (including phenoxy) is 1. The Morgan fingerprint density at radius 2 is 1.79 bits per heavy atom. The first-order valence-corrected chi connectivity index (χ1v) is 12.9. The molecule has 1 fully saturated rings. The average Bonchev–Trinajstić information content (AvgIpc) is 3.26. The number of imidazole rings is 1. The highest BCUT2D eigenvalue weighted by Crippen LogP contribution is 2.27. The first-order valence-electron chi connectivity index (χ1n) is 12.9. The van der Waals surface area contributed by atoms with Crippen molar-refractivity contribution in [3.05, 3.63) is 65.1 Å². The number of aromatic nitrogens is 2. The van der Waals surface area contributed by atoms with Crippen molar-refractivity contribution >= 4 is 23.6 Å². The maximum absolute atomic E-state index is 14.4. The zero-order valence-electron chi connectivity index (χ0n) is 22.4. The maximum atomic E-state index is 14.4. The molecule has 0 bridgehead atoms. The fourth-order valence-electron chi connectivity index (χ4n) is 4.54. The molecule has 1 unspecified atom stereocenters. The first-order chi connectivity index (χ1) is 19.8. The Balaban J connectivity index is 0.000000616. The summed E-state index contributed by atoms with van der Waals surface area (Å²) >= 11 is 0. The summed E-state index contributed by atoms with van der Waals surface area (Å²) in [5.41, 5.74) is 1.09. The Bertz CT molecular complexity index is 1420. The number of hydrogen-bond donors (Lipinski definition) is 4. The van der Waals surface area contributed by atoms with Crippen LogP contribution in [-0.2, 0) is 4.79 Å². The molecule has 0 spiro atoms. The summed E-state index contributed by atoms with van der Waals surface area (Å²) in [5.74, 6) is -3.95. The van der Waals surface area contributed by atoms with Crippen LogP contribution in [0.4, 0.5) is 26.7 Å². The number of carbonyl (C=O) groups excluding carboxylic acids is 1. The lowest BCUT2D eigenvalue weighted by Gasteiger charge is -2.21. The van der Waals surface area contributed by atoms with Crippen LogP contribution in [0, 0.1) is 24.5 Å². The van der Waals surface area contributed by atoms with E-state index in [1.54, 1.807) is 29.7 Å². The summed E-state index contributed by atoms with van der Waals surface area (Å²) < 4.78 is 67.2. The van der Waals surface area contributed by atoms with Crippen LogP contribution in [-0.4, -0.2) is 56.9 Å². The second-order valence-electron chi connectivity index (χ2n) is 9.61. The predicted molar refractivity (Wildman–Crippen MR) is 138 cm³/mol. The van der Waals surface area contributed by atoms with E-state index in [-0.39, 0.29) is 17.8 Å². The number of halogens is 5. The Labute approximate surface area is 236 Å². The third-order valence-electron chi connectivity index (χ3n) is 6.55. The molecule has 1 aliphatic carbocycles. The van der Waals surface area contributed by atoms with Gasteiger partial charge in [-0.1, -0.05) is 25.3 Å². The molecule has 0 saturated heterocycles. The molecule has 2 aromatic heterocycles. The number of fused-ring (bicyclic) bond motifs is 1. The number of nitrogens with zero attached hydrogens (tertiary/aromatic N) is 2. The largest absolute Gasteiger partial charge is 0.490 e. The monoisotopic (exact) mass is 600 g/mol. The van der Waals surface area contributed by atoms with Crippen LogP contribution in [0.3, 0.4) is 0 Å². The molecule has 0 radical (unpaired) electrons. The van der Waals surface area contributed by atoms with Crippen LogP contribution in [0.15, 0.2) is 36.5 Å². The van der Waals surface area contributed by atoms with Crippen molar-refractivity contribution < 1.29 is 51.3 Å². The quantitative estimate of drug-likeness (QED) is 0.259. The number of rotatable bonds is 8. The van der Waals surface area contributed by atoms with E-state index in [1.807, 2.05) is 0 Å².